The molecule has 24 heavy (non-hydrogen) atoms. The summed E-state index contributed by atoms with van der Waals surface area (Å²) in [6, 6.07) is 10.9. The van der Waals surface area contributed by atoms with Crippen LogP contribution >= 0.6 is 11.6 Å². The molecule has 1 amide bonds. The van der Waals surface area contributed by atoms with Crippen LogP contribution in [0.2, 0.25) is 5.02 Å². The van der Waals surface area contributed by atoms with E-state index in [9.17, 15) is 4.79 Å². The molecule has 0 atom stereocenters. The highest BCUT2D eigenvalue weighted by atomic mass is 35.5. The predicted octanol–water partition coefficient (Wildman–Crippen LogP) is 3.28. The van der Waals surface area contributed by atoms with Gasteiger partial charge in [0.25, 0.3) is 5.91 Å². The molecular formula is C17H13ClN4O2. The Kier molecular flexibility index (Phi) is 3.46. The molecular weight excluding hydrogens is 328 g/mol. The van der Waals surface area contributed by atoms with Gasteiger partial charge in [0.2, 0.25) is 0 Å². The molecule has 6 nitrogen and oxygen atoms in total. The number of nitrogens with one attached hydrogen (secondary N) is 1. The number of fused-ring (bicyclic) bond motifs is 3. The van der Waals surface area contributed by atoms with Gasteiger partial charge in [-0.2, -0.15) is 5.10 Å². The molecule has 120 valence electrons. The zero-order valence-corrected chi connectivity index (χ0v) is 13.5. The first-order valence-corrected chi connectivity index (χ1v) is 7.72. The number of para-hydroxylation sites is 1. The van der Waals surface area contributed by atoms with E-state index in [1.165, 1.54) is 6.20 Å². The first-order chi connectivity index (χ1) is 11.6. The molecule has 0 unspecified atom stereocenters. The van der Waals surface area contributed by atoms with Gasteiger partial charge in [-0.3, -0.25) is 9.48 Å². The molecule has 4 rings (SSSR count). The Morgan fingerprint density at radius 2 is 2.17 bits per heavy atom. The van der Waals surface area contributed by atoms with E-state index < -0.39 is 0 Å². The molecule has 0 bridgehead atoms. The number of pyridine rings is 1. The van der Waals surface area contributed by atoms with Crippen molar-refractivity contribution in [1.82, 2.24) is 14.8 Å². The van der Waals surface area contributed by atoms with Crippen LogP contribution in [0.15, 0.2) is 42.6 Å². The molecule has 0 fully saturated rings. The summed E-state index contributed by atoms with van der Waals surface area (Å²) in [6.45, 7) is 0.298. The minimum absolute atomic E-state index is 0.298. The van der Waals surface area contributed by atoms with Gasteiger partial charge in [0, 0.05) is 29.4 Å². The lowest BCUT2D eigenvalue weighted by atomic mass is 10.0. The smallest absolute Gasteiger partial charge is 0.277 e. The third-order valence-electron chi connectivity index (χ3n) is 3.84. The average Bonchev–Trinajstić information content (AvgIpc) is 2.92. The second-order valence-electron chi connectivity index (χ2n) is 5.40. The van der Waals surface area contributed by atoms with E-state index in [0.717, 1.165) is 22.6 Å². The molecule has 7 heteroatoms. The van der Waals surface area contributed by atoms with E-state index in [-0.39, 0.29) is 5.91 Å². The van der Waals surface area contributed by atoms with Gasteiger partial charge in [-0.25, -0.2) is 4.98 Å². The van der Waals surface area contributed by atoms with Crippen LogP contribution in [0.25, 0.3) is 11.3 Å². The van der Waals surface area contributed by atoms with Crippen molar-refractivity contribution in [1.29, 1.82) is 0 Å². The zero-order chi connectivity index (χ0) is 16.7. The number of amides is 1. The molecule has 1 N–H and O–H groups in total. The molecule has 0 spiro atoms. The van der Waals surface area contributed by atoms with Gasteiger partial charge in [-0.05, 0) is 24.3 Å². The summed E-state index contributed by atoms with van der Waals surface area (Å²) in [6.07, 6.45) is 1.53. The number of ether oxygens (including phenoxy) is 1. The fourth-order valence-corrected chi connectivity index (χ4v) is 2.97. The van der Waals surface area contributed by atoms with Crippen LogP contribution in [-0.2, 0) is 13.7 Å². The summed E-state index contributed by atoms with van der Waals surface area (Å²) < 4.78 is 7.46. The third-order valence-corrected chi connectivity index (χ3v) is 4.07. The Balaban J connectivity index is 1.72. The van der Waals surface area contributed by atoms with Gasteiger partial charge in [0.15, 0.2) is 5.69 Å². The van der Waals surface area contributed by atoms with Gasteiger partial charge >= 0.3 is 0 Å². The molecule has 0 radical (unpaired) electrons. The second kappa shape index (κ2) is 5.65. The van der Waals surface area contributed by atoms with Crippen molar-refractivity contribution in [2.24, 2.45) is 7.05 Å². The summed E-state index contributed by atoms with van der Waals surface area (Å²) >= 11 is 5.92. The van der Waals surface area contributed by atoms with E-state index in [1.54, 1.807) is 16.8 Å². The van der Waals surface area contributed by atoms with Crippen LogP contribution in [0.1, 0.15) is 16.1 Å². The highest BCUT2D eigenvalue weighted by molar-refractivity contribution is 6.30. The summed E-state index contributed by atoms with van der Waals surface area (Å²) in [5, 5.41) is 7.59. The maximum Gasteiger partial charge on any atom is 0.277 e. The van der Waals surface area contributed by atoms with Gasteiger partial charge in [0.05, 0.1) is 5.69 Å². The monoisotopic (exact) mass is 340 g/mol. The van der Waals surface area contributed by atoms with Crippen LogP contribution < -0.4 is 10.1 Å². The third kappa shape index (κ3) is 2.41. The van der Waals surface area contributed by atoms with E-state index in [0.29, 0.717) is 23.1 Å². The lowest BCUT2D eigenvalue weighted by Gasteiger charge is -2.18. The van der Waals surface area contributed by atoms with Crippen molar-refractivity contribution >= 4 is 23.3 Å². The van der Waals surface area contributed by atoms with Crippen molar-refractivity contribution in [3.05, 3.63) is 58.9 Å². The minimum Gasteiger partial charge on any atom is -0.488 e. The fraction of sp³-hybridized carbons (Fsp3) is 0.118. The summed E-state index contributed by atoms with van der Waals surface area (Å²) in [5.74, 6) is 0.824. The SMILES string of the molecule is Cn1nc(C(=O)Nc2cc(Cl)ccn2)c2c1-c1ccccc1OC2. The lowest BCUT2D eigenvalue weighted by molar-refractivity contribution is 0.101. The Labute approximate surface area is 143 Å². The molecule has 1 aliphatic heterocycles. The van der Waals surface area contributed by atoms with Crippen LogP contribution in [-0.4, -0.2) is 20.7 Å². The normalized spacial score (nSPS) is 12.1. The number of hydrogen-bond acceptors (Lipinski definition) is 4. The van der Waals surface area contributed by atoms with E-state index in [4.69, 9.17) is 16.3 Å². The minimum atomic E-state index is -0.343. The van der Waals surface area contributed by atoms with Crippen LogP contribution in [0.3, 0.4) is 0 Å². The first-order valence-electron chi connectivity index (χ1n) is 7.34. The lowest BCUT2D eigenvalue weighted by Crippen LogP contribution is -2.17. The fourth-order valence-electron chi connectivity index (χ4n) is 2.81. The van der Waals surface area contributed by atoms with Gasteiger partial charge in [0.1, 0.15) is 18.2 Å². The quantitative estimate of drug-likeness (QED) is 0.777. The Morgan fingerprint density at radius 3 is 3.00 bits per heavy atom. The Hall–Kier alpha value is -2.86. The number of rotatable bonds is 2. The summed E-state index contributed by atoms with van der Waals surface area (Å²) in [7, 11) is 1.81. The van der Waals surface area contributed by atoms with Gasteiger partial charge < -0.3 is 10.1 Å². The highest BCUT2D eigenvalue weighted by Crippen LogP contribution is 2.38. The molecule has 3 aromatic rings. The maximum atomic E-state index is 12.6. The molecule has 1 aromatic carbocycles. The number of aryl methyl sites for hydroxylation is 1. The molecule has 0 aliphatic carbocycles. The van der Waals surface area contributed by atoms with E-state index in [2.05, 4.69) is 15.4 Å². The van der Waals surface area contributed by atoms with Crippen LogP contribution in [0.5, 0.6) is 5.75 Å². The van der Waals surface area contributed by atoms with Crippen molar-refractivity contribution in [2.45, 2.75) is 6.61 Å². The van der Waals surface area contributed by atoms with Gasteiger partial charge in [-0.15, -0.1) is 0 Å². The van der Waals surface area contributed by atoms with Crippen LogP contribution in [0.4, 0.5) is 5.82 Å². The number of anilines is 1. The number of benzene rings is 1. The number of halogens is 1. The molecule has 2 aromatic heterocycles. The number of hydrogen-bond donors (Lipinski definition) is 1. The van der Waals surface area contributed by atoms with Crippen molar-refractivity contribution in [3.8, 4) is 17.0 Å². The molecule has 0 saturated carbocycles. The number of carbonyl (C=O) groups is 1. The van der Waals surface area contributed by atoms with Gasteiger partial charge in [-0.1, -0.05) is 23.7 Å². The van der Waals surface area contributed by atoms with Crippen molar-refractivity contribution in [2.75, 3.05) is 5.32 Å². The summed E-state index contributed by atoms with van der Waals surface area (Å²) in [4.78, 5) is 16.7. The topological polar surface area (TPSA) is 69.0 Å². The maximum absolute atomic E-state index is 12.6. The van der Waals surface area contributed by atoms with E-state index in [1.807, 2.05) is 31.3 Å². The zero-order valence-electron chi connectivity index (χ0n) is 12.8. The highest BCUT2D eigenvalue weighted by Gasteiger charge is 2.28. The standard InChI is InChI=1S/C17H13ClN4O2/c1-22-16-11-4-2-3-5-13(11)24-9-12(16)15(21-22)17(23)20-14-8-10(18)6-7-19-14/h2-8H,9H2,1H3,(H,19,20,23). The number of carbonyl (C=O) groups excluding carboxylic acids is 1. The number of nitrogens with zero attached hydrogens (tertiary/aromatic N) is 3. The predicted molar refractivity (Wildman–Crippen MR) is 90.2 cm³/mol. The van der Waals surface area contributed by atoms with Crippen LogP contribution in [0, 0.1) is 0 Å². The van der Waals surface area contributed by atoms with E-state index >= 15 is 0 Å². The largest absolute Gasteiger partial charge is 0.488 e. The summed E-state index contributed by atoms with van der Waals surface area (Å²) in [5.41, 5.74) is 2.90. The molecule has 1 aliphatic rings. The Morgan fingerprint density at radius 1 is 1.33 bits per heavy atom. The first kappa shape index (κ1) is 14.7. The average molecular weight is 341 g/mol. The number of aromatic nitrogens is 3. The second-order valence-corrected chi connectivity index (χ2v) is 5.83. The van der Waals surface area contributed by atoms with Crippen molar-refractivity contribution in [3.63, 3.8) is 0 Å². The molecule has 3 heterocycles. The Bertz CT molecular complexity index is 952. The molecule has 0 saturated heterocycles. The van der Waals surface area contributed by atoms with Crippen molar-refractivity contribution < 1.29 is 9.53 Å².